The van der Waals surface area contributed by atoms with Crippen molar-refractivity contribution in [3.05, 3.63) is 10.6 Å². The fourth-order valence-corrected chi connectivity index (χ4v) is 4.04. The first-order valence-electron chi connectivity index (χ1n) is 8.32. The molecule has 0 aliphatic heterocycles. The van der Waals surface area contributed by atoms with Crippen molar-refractivity contribution in [3.63, 3.8) is 0 Å². The van der Waals surface area contributed by atoms with Gasteiger partial charge in [0.2, 0.25) is 0 Å². The van der Waals surface area contributed by atoms with Gasteiger partial charge in [0.25, 0.3) is 0 Å². The van der Waals surface area contributed by atoms with Crippen molar-refractivity contribution in [2.24, 2.45) is 0 Å². The molecular weight excluding hydrogens is 284 g/mol. The summed E-state index contributed by atoms with van der Waals surface area (Å²) in [6.07, 6.45) is 10.3. The minimum Gasteiger partial charge on any atom is -0.388 e. The van der Waals surface area contributed by atoms with Crippen LogP contribution in [-0.4, -0.2) is 36.4 Å². The zero-order chi connectivity index (χ0) is 14.4. The number of rotatable bonds is 6. The van der Waals surface area contributed by atoms with E-state index in [-0.39, 0.29) is 6.61 Å². The highest BCUT2D eigenvalue weighted by Gasteiger charge is 2.36. The molecular formula is C15H24N4OS. The molecule has 3 aliphatic rings. The molecule has 21 heavy (non-hydrogen) atoms. The van der Waals surface area contributed by atoms with Gasteiger partial charge in [-0.05, 0) is 50.7 Å². The van der Waals surface area contributed by atoms with Crippen molar-refractivity contribution in [3.8, 4) is 0 Å². The van der Waals surface area contributed by atoms with Gasteiger partial charge < -0.3 is 5.11 Å². The van der Waals surface area contributed by atoms with Crippen molar-refractivity contribution in [1.29, 1.82) is 0 Å². The number of aliphatic hydroxyl groups is 1. The maximum atomic E-state index is 9.54. The molecule has 1 N–H and O–H groups in total. The number of aliphatic hydroxyl groups excluding tert-OH is 1. The van der Waals surface area contributed by atoms with Gasteiger partial charge in [0.1, 0.15) is 6.61 Å². The third-order valence-electron chi connectivity index (χ3n) is 5.10. The van der Waals surface area contributed by atoms with E-state index in [0.717, 1.165) is 23.3 Å². The lowest BCUT2D eigenvalue weighted by Gasteiger charge is -2.28. The van der Waals surface area contributed by atoms with E-state index < -0.39 is 0 Å². The van der Waals surface area contributed by atoms with Crippen LogP contribution in [0, 0.1) is 4.77 Å². The first kappa shape index (κ1) is 13.9. The van der Waals surface area contributed by atoms with Crippen molar-refractivity contribution >= 4 is 12.2 Å². The van der Waals surface area contributed by atoms with Crippen LogP contribution in [-0.2, 0) is 13.3 Å². The molecule has 0 unspecified atom stereocenters. The number of aromatic nitrogens is 3. The van der Waals surface area contributed by atoms with Crippen LogP contribution in [0.2, 0.25) is 0 Å². The van der Waals surface area contributed by atoms with Gasteiger partial charge in [0.15, 0.2) is 10.6 Å². The van der Waals surface area contributed by atoms with Gasteiger partial charge in [-0.3, -0.25) is 9.47 Å². The highest BCUT2D eigenvalue weighted by molar-refractivity contribution is 7.71. The van der Waals surface area contributed by atoms with Crippen LogP contribution >= 0.6 is 12.2 Å². The van der Waals surface area contributed by atoms with E-state index in [1.807, 2.05) is 4.68 Å². The van der Waals surface area contributed by atoms with Gasteiger partial charge in [-0.2, -0.15) is 5.10 Å². The molecule has 0 radical (unpaired) electrons. The predicted molar refractivity (Wildman–Crippen MR) is 82.4 cm³/mol. The van der Waals surface area contributed by atoms with Crippen molar-refractivity contribution in [2.75, 3.05) is 0 Å². The molecule has 1 aromatic heterocycles. The molecule has 116 valence electrons. The van der Waals surface area contributed by atoms with Crippen molar-refractivity contribution < 1.29 is 5.11 Å². The first-order valence-corrected chi connectivity index (χ1v) is 8.73. The van der Waals surface area contributed by atoms with Crippen LogP contribution < -0.4 is 0 Å². The van der Waals surface area contributed by atoms with E-state index >= 15 is 0 Å². The molecule has 3 fully saturated rings. The number of hydrogen-bond acceptors (Lipinski definition) is 4. The van der Waals surface area contributed by atoms with Crippen LogP contribution in [0.15, 0.2) is 0 Å². The van der Waals surface area contributed by atoms with Crippen LogP contribution in [0.4, 0.5) is 0 Å². The largest absolute Gasteiger partial charge is 0.388 e. The van der Waals surface area contributed by atoms with Crippen LogP contribution in [0.25, 0.3) is 0 Å². The molecule has 0 saturated heterocycles. The summed E-state index contributed by atoms with van der Waals surface area (Å²) in [7, 11) is 0. The number of nitrogens with zero attached hydrogens (tertiary/aromatic N) is 4. The Morgan fingerprint density at radius 3 is 2.33 bits per heavy atom. The molecule has 5 nitrogen and oxygen atoms in total. The molecule has 0 amide bonds. The van der Waals surface area contributed by atoms with Crippen LogP contribution in [0.3, 0.4) is 0 Å². The fraction of sp³-hybridized carbons (Fsp3) is 0.867. The minimum atomic E-state index is -0.0139. The van der Waals surface area contributed by atoms with Crippen LogP contribution in [0.1, 0.15) is 63.2 Å². The summed E-state index contributed by atoms with van der Waals surface area (Å²) in [4.78, 5) is 2.62. The smallest absolute Gasteiger partial charge is 0.199 e. The third-order valence-corrected chi connectivity index (χ3v) is 5.51. The summed E-state index contributed by atoms with van der Waals surface area (Å²) in [5.74, 6) is 0.740. The van der Waals surface area contributed by atoms with Crippen LogP contribution in [0.5, 0.6) is 0 Å². The predicted octanol–water partition coefficient (Wildman–Crippen LogP) is 2.61. The summed E-state index contributed by atoms with van der Waals surface area (Å²) in [5, 5.41) is 14.1. The molecule has 6 heteroatoms. The molecule has 3 aliphatic carbocycles. The lowest BCUT2D eigenvalue weighted by atomic mass is 10.2. The van der Waals surface area contributed by atoms with E-state index in [1.165, 1.54) is 51.4 Å². The lowest BCUT2D eigenvalue weighted by Crippen LogP contribution is -2.37. The van der Waals surface area contributed by atoms with E-state index in [1.54, 1.807) is 0 Å². The molecule has 0 bridgehead atoms. The highest BCUT2D eigenvalue weighted by Crippen LogP contribution is 2.37. The second kappa shape index (κ2) is 5.48. The maximum absolute atomic E-state index is 9.54. The summed E-state index contributed by atoms with van der Waals surface area (Å²) in [6, 6.07) is 1.93. The Morgan fingerprint density at radius 1 is 1.10 bits per heavy atom. The lowest BCUT2D eigenvalue weighted by molar-refractivity contribution is 0.133. The van der Waals surface area contributed by atoms with Gasteiger partial charge in [-0.25, -0.2) is 4.68 Å². The highest BCUT2D eigenvalue weighted by atomic mass is 32.1. The zero-order valence-electron chi connectivity index (χ0n) is 12.4. The Morgan fingerprint density at radius 2 is 1.76 bits per heavy atom. The second-order valence-electron chi connectivity index (χ2n) is 6.78. The maximum Gasteiger partial charge on any atom is 0.199 e. The first-order chi connectivity index (χ1) is 10.3. The van der Waals surface area contributed by atoms with Gasteiger partial charge >= 0.3 is 0 Å². The molecule has 1 aromatic rings. The summed E-state index contributed by atoms with van der Waals surface area (Å²) < 4.78 is 4.83. The Hall–Kier alpha value is -0.720. The molecule has 3 saturated carbocycles. The normalized spacial score (nSPS) is 23.3. The average Bonchev–Trinajstić information content (AvgIpc) is 3.41. The van der Waals surface area contributed by atoms with Gasteiger partial charge in [0.05, 0.1) is 6.67 Å². The fourth-order valence-electron chi connectivity index (χ4n) is 3.69. The SMILES string of the molecule is OCc1nn(CN(C2CCCC2)C2CC2)c(=S)n1C1CC1. The Bertz CT molecular complexity index is 567. The average molecular weight is 308 g/mol. The molecule has 0 atom stereocenters. The standard InChI is InChI=1S/C15H24N4OS/c20-9-14-16-18(15(21)19(14)13-7-8-13)10-17(12-5-6-12)11-3-1-2-4-11/h11-13,20H,1-10H2. The monoisotopic (exact) mass is 308 g/mol. The minimum absolute atomic E-state index is 0.0139. The van der Waals surface area contributed by atoms with Gasteiger partial charge in [0, 0.05) is 18.1 Å². The third kappa shape index (κ3) is 2.69. The Balaban J connectivity index is 1.59. The summed E-state index contributed by atoms with van der Waals surface area (Å²) in [5.41, 5.74) is 0. The summed E-state index contributed by atoms with van der Waals surface area (Å²) in [6.45, 7) is 0.793. The van der Waals surface area contributed by atoms with E-state index in [4.69, 9.17) is 12.2 Å². The number of hydrogen-bond donors (Lipinski definition) is 1. The van der Waals surface area contributed by atoms with Gasteiger partial charge in [-0.15, -0.1) is 0 Å². The molecule has 0 aromatic carbocycles. The van der Waals surface area contributed by atoms with E-state index in [9.17, 15) is 5.11 Å². The van der Waals surface area contributed by atoms with Crippen molar-refractivity contribution in [1.82, 2.24) is 19.2 Å². The molecule has 4 rings (SSSR count). The Kier molecular flexibility index (Phi) is 3.63. The van der Waals surface area contributed by atoms with Crippen molar-refractivity contribution in [2.45, 2.75) is 82.8 Å². The van der Waals surface area contributed by atoms with Gasteiger partial charge in [-0.1, -0.05) is 12.8 Å². The Labute approximate surface area is 130 Å². The molecule has 0 spiro atoms. The topological polar surface area (TPSA) is 46.2 Å². The molecule has 1 heterocycles. The second-order valence-corrected chi connectivity index (χ2v) is 7.15. The van der Waals surface area contributed by atoms with E-state index in [0.29, 0.717) is 12.1 Å². The summed E-state index contributed by atoms with van der Waals surface area (Å²) >= 11 is 5.62. The quantitative estimate of drug-likeness (QED) is 0.821. The van der Waals surface area contributed by atoms with E-state index in [2.05, 4.69) is 14.6 Å². The zero-order valence-corrected chi connectivity index (χ0v) is 13.3.